The number of rotatable bonds is 4. The summed E-state index contributed by atoms with van der Waals surface area (Å²) in [7, 11) is 1.65. The molecule has 0 amide bonds. The molecule has 4 heteroatoms. The number of hydrogen-bond donors (Lipinski definition) is 1. The summed E-state index contributed by atoms with van der Waals surface area (Å²) in [6.45, 7) is 2.03. The van der Waals surface area contributed by atoms with Crippen LogP contribution < -0.4 is 4.74 Å². The molecule has 0 aliphatic heterocycles. The third-order valence-electron chi connectivity index (χ3n) is 2.59. The fourth-order valence-corrected chi connectivity index (χ4v) is 1.78. The lowest BCUT2D eigenvalue weighted by molar-refractivity contribution is 0.111. The molecule has 0 fully saturated rings. The quantitative estimate of drug-likeness (QED) is 0.818. The molecule has 88 valence electrons. The Morgan fingerprint density at radius 1 is 1.41 bits per heavy atom. The van der Waals surface area contributed by atoms with Gasteiger partial charge in [0.15, 0.2) is 6.29 Å². The Bertz CT molecular complexity index is 532. The summed E-state index contributed by atoms with van der Waals surface area (Å²) in [5.74, 6) is 0.845. The number of benzene rings is 1. The molecule has 4 nitrogen and oxygen atoms in total. The number of carbonyl (C=O) groups excluding carboxylic acids is 1. The molecule has 0 aliphatic carbocycles. The average Bonchev–Trinajstić information content (AvgIpc) is 2.77. The van der Waals surface area contributed by atoms with Gasteiger partial charge in [-0.1, -0.05) is 17.7 Å². The van der Waals surface area contributed by atoms with Gasteiger partial charge in [-0.05, 0) is 19.1 Å². The molecule has 1 aromatic heterocycles. The van der Waals surface area contributed by atoms with E-state index in [1.54, 1.807) is 13.2 Å². The highest BCUT2D eigenvalue weighted by atomic mass is 16.5. The van der Waals surface area contributed by atoms with Crippen LogP contribution in [0.5, 0.6) is 5.75 Å². The minimum atomic E-state index is 0.423. The van der Waals surface area contributed by atoms with E-state index in [1.165, 1.54) is 5.56 Å². The maximum atomic E-state index is 10.5. The summed E-state index contributed by atoms with van der Waals surface area (Å²) in [5, 5.41) is 6.71. The number of carbonyl (C=O) groups is 1. The molecule has 2 aromatic rings. The van der Waals surface area contributed by atoms with E-state index < -0.39 is 0 Å². The van der Waals surface area contributed by atoms with Crippen molar-refractivity contribution in [3.63, 3.8) is 0 Å². The predicted octanol–water partition coefficient (Wildman–Crippen LogP) is 2.13. The van der Waals surface area contributed by atoms with Gasteiger partial charge in [0.2, 0.25) is 0 Å². The Balaban J connectivity index is 2.28. The SMILES string of the molecule is COc1ccc(C)cc1Cc1cc(C=O)n[nH]1. The zero-order valence-corrected chi connectivity index (χ0v) is 9.86. The smallest absolute Gasteiger partial charge is 0.170 e. The van der Waals surface area contributed by atoms with Gasteiger partial charge < -0.3 is 4.74 Å². The van der Waals surface area contributed by atoms with Crippen molar-refractivity contribution in [3.8, 4) is 5.75 Å². The Kier molecular flexibility index (Phi) is 3.23. The Morgan fingerprint density at radius 3 is 2.88 bits per heavy atom. The van der Waals surface area contributed by atoms with E-state index in [4.69, 9.17) is 4.74 Å². The lowest BCUT2D eigenvalue weighted by Crippen LogP contribution is -1.95. The van der Waals surface area contributed by atoms with Gasteiger partial charge in [0.05, 0.1) is 7.11 Å². The second-order valence-corrected chi connectivity index (χ2v) is 3.93. The Hall–Kier alpha value is -2.10. The number of hydrogen-bond acceptors (Lipinski definition) is 3. The standard InChI is InChI=1S/C13H14N2O2/c1-9-3-4-13(17-2)10(5-9)6-11-7-12(8-16)15-14-11/h3-5,7-8H,6H2,1-2H3,(H,14,15). The van der Waals surface area contributed by atoms with E-state index in [0.29, 0.717) is 12.1 Å². The zero-order chi connectivity index (χ0) is 12.3. The van der Waals surface area contributed by atoms with E-state index in [9.17, 15) is 4.79 Å². The highest BCUT2D eigenvalue weighted by Crippen LogP contribution is 2.22. The number of aldehydes is 1. The van der Waals surface area contributed by atoms with Gasteiger partial charge in [-0.2, -0.15) is 5.10 Å². The minimum Gasteiger partial charge on any atom is -0.496 e. The van der Waals surface area contributed by atoms with Crippen molar-refractivity contribution in [2.75, 3.05) is 7.11 Å². The van der Waals surface area contributed by atoms with Gasteiger partial charge >= 0.3 is 0 Å². The summed E-state index contributed by atoms with van der Waals surface area (Å²) in [6.07, 6.45) is 1.40. The highest BCUT2D eigenvalue weighted by molar-refractivity contribution is 5.71. The van der Waals surface area contributed by atoms with Crippen LogP contribution in [0.25, 0.3) is 0 Å². The van der Waals surface area contributed by atoms with Crippen molar-refractivity contribution in [1.82, 2.24) is 10.2 Å². The third-order valence-corrected chi connectivity index (χ3v) is 2.59. The number of H-pyrrole nitrogens is 1. The molecule has 1 N–H and O–H groups in total. The third kappa shape index (κ3) is 2.53. The molecular weight excluding hydrogens is 216 g/mol. The molecular formula is C13H14N2O2. The lowest BCUT2D eigenvalue weighted by Gasteiger charge is -2.08. The van der Waals surface area contributed by atoms with Crippen molar-refractivity contribution in [2.24, 2.45) is 0 Å². The number of methoxy groups -OCH3 is 1. The second-order valence-electron chi connectivity index (χ2n) is 3.93. The molecule has 0 atom stereocenters. The molecule has 0 unspecified atom stereocenters. The molecule has 0 spiro atoms. The number of nitrogens with zero attached hydrogens (tertiary/aromatic N) is 1. The van der Waals surface area contributed by atoms with Crippen molar-refractivity contribution < 1.29 is 9.53 Å². The van der Waals surface area contributed by atoms with Crippen LogP contribution in [-0.2, 0) is 6.42 Å². The van der Waals surface area contributed by atoms with E-state index in [-0.39, 0.29) is 0 Å². The average molecular weight is 230 g/mol. The second kappa shape index (κ2) is 4.82. The monoisotopic (exact) mass is 230 g/mol. The van der Waals surface area contributed by atoms with Gasteiger partial charge in [-0.3, -0.25) is 9.89 Å². The molecule has 0 saturated carbocycles. The topological polar surface area (TPSA) is 55.0 Å². The number of ether oxygens (including phenoxy) is 1. The molecule has 1 heterocycles. The largest absolute Gasteiger partial charge is 0.496 e. The number of nitrogens with one attached hydrogen (secondary N) is 1. The molecule has 1 aromatic carbocycles. The van der Waals surface area contributed by atoms with Crippen molar-refractivity contribution in [1.29, 1.82) is 0 Å². The highest BCUT2D eigenvalue weighted by Gasteiger charge is 2.06. The normalized spacial score (nSPS) is 10.2. The van der Waals surface area contributed by atoms with E-state index >= 15 is 0 Å². The summed E-state index contributed by atoms with van der Waals surface area (Å²) in [5.41, 5.74) is 3.58. The van der Waals surface area contributed by atoms with Crippen LogP contribution in [-0.4, -0.2) is 23.6 Å². The fourth-order valence-electron chi connectivity index (χ4n) is 1.78. The first-order valence-electron chi connectivity index (χ1n) is 5.36. The lowest BCUT2D eigenvalue weighted by atomic mass is 10.1. The molecule has 17 heavy (non-hydrogen) atoms. The Labute approximate surface area is 99.6 Å². The van der Waals surface area contributed by atoms with Gasteiger partial charge in [0.25, 0.3) is 0 Å². The van der Waals surface area contributed by atoms with Crippen LogP contribution in [0, 0.1) is 6.92 Å². The van der Waals surface area contributed by atoms with E-state index in [2.05, 4.69) is 16.3 Å². The predicted molar refractivity (Wildman–Crippen MR) is 64.5 cm³/mol. The van der Waals surface area contributed by atoms with Crippen LogP contribution in [0.3, 0.4) is 0 Å². The van der Waals surface area contributed by atoms with Crippen molar-refractivity contribution >= 4 is 6.29 Å². The first-order valence-corrected chi connectivity index (χ1v) is 5.36. The van der Waals surface area contributed by atoms with Crippen LogP contribution in [0.1, 0.15) is 27.3 Å². The van der Waals surface area contributed by atoms with E-state index in [0.717, 1.165) is 23.3 Å². The summed E-state index contributed by atoms with van der Waals surface area (Å²) >= 11 is 0. The van der Waals surface area contributed by atoms with Gasteiger partial charge in [-0.15, -0.1) is 0 Å². The van der Waals surface area contributed by atoms with Gasteiger partial charge in [0, 0.05) is 17.7 Å². The zero-order valence-electron chi connectivity index (χ0n) is 9.86. The number of aromatic amines is 1. The van der Waals surface area contributed by atoms with E-state index in [1.807, 2.05) is 19.1 Å². The number of aryl methyl sites for hydroxylation is 1. The fraction of sp³-hybridized carbons (Fsp3) is 0.231. The summed E-state index contributed by atoms with van der Waals surface area (Å²) in [4.78, 5) is 10.5. The maximum Gasteiger partial charge on any atom is 0.170 e. The molecule has 0 saturated heterocycles. The first-order chi connectivity index (χ1) is 8.22. The molecule has 2 rings (SSSR count). The number of aromatic nitrogens is 2. The summed E-state index contributed by atoms with van der Waals surface area (Å²) < 4.78 is 5.30. The molecule has 0 radical (unpaired) electrons. The van der Waals surface area contributed by atoms with Crippen molar-refractivity contribution in [2.45, 2.75) is 13.3 Å². The maximum absolute atomic E-state index is 10.5. The van der Waals surface area contributed by atoms with Crippen LogP contribution >= 0.6 is 0 Å². The first kappa shape index (κ1) is 11.4. The van der Waals surface area contributed by atoms with Gasteiger partial charge in [-0.25, -0.2) is 0 Å². The minimum absolute atomic E-state index is 0.423. The van der Waals surface area contributed by atoms with Gasteiger partial charge in [0.1, 0.15) is 11.4 Å². The Morgan fingerprint density at radius 2 is 2.24 bits per heavy atom. The van der Waals surface area contributed by atoms with Crippen LogP contribution in [0.2, 0.25) is 0 Å². The molecule has 0 bridgehead atoms. The van der Waals surface area contributed by atoms with Crippen LogP contribution in [0.15, 0.2) is 24.3 Å². The summed E-state index contributed by atoms with van der Waals surface area (Å²) in [6, 6.07) is 7.77. The molecule has 0 aliphatic rings. The van der Waals surface area contributed by atoms with Crippen LogP contribution in [0.4, 0.5) is 0 Å². The van der Waals surface area contributed by atoms with Crippen molar-refractivity contribution in [3.05, 3.63) is 46.8 Å².